The third kappa shape index (κ3) is 3.93. The van der Waals surface area contributed by atoms with Crippen LogP contribution in [0.1, 0.15) is 16.8 Å². The molecule has 0 saturated carbocycles. The lowest BCUT2D eigenvalue weighted by atomic mass is 10.1. The number of carbonyl (C=O) groups excluding carboxylic acids is 1. The Bertz CT molecular complexity index is 519. The Morgan fingerprint density at radius 2 is 2.16 bits per heavy atom. The van der Waals surface area contributed by atoms with E-state index < -0.39 is 6.04 Å². The highest BCUT2D eigenvalue weighted by molar-refractivity contribution is 5.81. The van der Waals surface area contributed by atoms with Gasteiger partial charge in [-0.3, -0.25) is 4.79 Å². The third-order valence-electron chi connectivity index (χ3n) is 2.92. The van der Waals surface area contributed by atoms with E-state index in [0.29, 0.717) is 13.0 Å². The molecule has 0 spiro atoms. The minimum absolute atomic E-state index is 0.157. The quantitative estimate of drug-likeness (QED) is 0.745. The van der Waals surface area contributed by atoms with E-state index in [2.05, 4.69) is 15.3 Å². The molecule has 1 aromatic heterocycles. The number of aromatic nitrogens is 2. The van der Waals surface area contributed by atoms with E-state index in [1.54, 1.807) is 12.5 Å². The van der Waals surface area contributed by atoms with Crippen molar-refractivity contribution < 1.29 is 4.79 Å². The fourth-order valence-corrected chi connectivity index (χ4v) is 1.75. The van der Waals surface area contributed by atoms with Gasteiger partial charge in [0.05, 0.1) is 12.4 Å². The van der Waals surface area contributed by atoms with Gasteiger partial charge in [-0.1, -0.05) is 29.8 Å². The van der Waals surface area contributed by atoms with E-state index >= 15 is 0 Å². The number of rotatable bonds is 5. The summed E-state index contributed by atoms with van der Waals surface area (Å²) in [4.78, 5) is 18.7. The molecule has 1 aromatic carbocycles. The van der Waals surface area contributed by atoms with Gasteiger partial charge in [0.15, 0.2) is 0 Å². The maximum Gasteiger partial charge on any atom is 0.237 e. The zero-order chi connectivity index (χ0) is 13.7. The number of aryl methyl sites for hydroxylation is 1. The molecule has 5 heteroatoms. The highest BCUT2D eigenvalue weighted by Gasteiger charge is 2.14. The molecule has 2 rings (SSSR count). The van der Waals surface area contributed by atoms with Gasteiger partial charge >= 0.3 is 0 Å². The summed E-state index contributed by atoms with van der Waals surface area (Å²) in [5, 5.41) is 2.83. The average Bonchev–Trinajstić information content (AvgIpc) is 2.90. The lowest BCUT2D eigenvalue weighted by Gasteiger charge is -2.11. The fraction of sp³-hybridized carbons (Fsp3) is 0.286. The predicted octanol–water partition coefficient (Wildman–Crippen LogP) is 0.904. The Balaban J connectivity index is 1.82. The second-order valence-electron chi connectivity index (χ2n) is 4.59. The van der Waals surface area contributed by atoms with Crippen molar-refractivity contribution in [3.8, 4) is 0 Å². The zero-order valence-corrected chi connectivity index (χ0v) is 10.9. The maximum atomic E-state index is 11.8. The molecule has 5 nitrogen and oxygen atoms in total. The van der Waals surface area contributed by atoms with Crippen LogP contribution in [0.2, 0.25) is 0 Å². The number of nitrogens with one attached hydrogen (secondary N) is 2. The number of imidazole rings is 1. The molecule has 0 aliphatic carbocycles. The lowest BCUT2D eigenvalue weighted by molar-refractivity contribution is -0.122. The maximum absolute atomic E-state index is 11.8. The summed E-state index contributed by atoms with van der Waals surface area (Å²) < 4.78 is 0. The summed E-state index contributed by atoms with van der Waals surface area (Å²) >= 11 is 0. The molecule has 1 heterocycles. The number of benzene rings is 1. The molecule has 2 aromatic rings. The van der Waals surface area contributed by atoms with Crippen LogP contribution in [0, 0.1) is 6.92 Å². The zero-order valence-electron chi connectivity index (χ0n) is 10.9. The van der Waals surface area contributed by atoms with E-state index in [1.807, 2.05) is 31.2 Å². The topological polar surface area (TPSA) is 83.8 Å². The molecule has 1 atom stereocenters. The molecule has 0 unspecified atom stereocenters. The Kier molecular flexibility index (Phi) is 4.30. The smallest absolute Gasteiger partial charge is 0.237 e. The standard InChI is InChI=1S/C14H18N4O/c1-10-2-4-11(5-3-10)7-17-14(19)13(15)6-12-8-16-9-18-12/h2-5,8-9,13H,6-7,15H2,1H3,(H,16,18)(H,17,19)/t13-/m0/s1. The third-order valence-corrected chi connectivity index (χ3v) is 2.92. The molecule has 0 aliphatic rings. The summed E-state index contributed by atoms with van der Waals surface area (Å²) in [7, 11) is 0. The van der Waals surface area contributed by atoms with Gasteiger partial charge in [-0.05, 0) is 12.5 Å². The number of nitrogens with two attached hydrogens (primary N) is 1. The van der Waals surface area contributed by atoms with E-state index in [1.165, 1.54) is 5.56 Å². The number of nitrogens with zero attached hydrogens (tertiary/aromatic N) is 1. The second kappa shape index (κ2) is 6.15. The number of H-pyrrole nitrogens is 1. The van der Waals surface area contributed by atoms with Crippen molar-refractivity contribution in [2.75, 3.05) is 0 Å². The predicted molar refractivity (Wildman–Crippen MR) is 73.3 cm³/mol. The van der Waals surface area contributed by atoms with Crippen LogP contribution >= 0.6 is 0 Å². The monoisotopic (exact) mass is 258 g/mol. The van der Waals surface area contributed by atoms with Crippen LogP contribution in [0.4, 0.5) is 0 Å². The first-order chi connectivity index (χ1) is 9.15. The number of amides is 1. The van der Waals surface area contributed by atoms with Gasteiger partial charge in [-0.2, -0.15) is 0 Å². The molecule has 1 amide bonds. The van der Waals surface area contributed by atoms with Crippen LogP contribution < -0.4 is 11.1 Å². The van der Waals surface area contributed by atoms with Crippen molar-refractivity contribution in [1.82, 2.24) is 15.3 Å². The summed E-state index contributed by atoms with van der Waals surface area (Å²) in [5.41, 5.74) is 8.96. The number of hydrogen-bond acceptors (Lipinski definition) is 3. The van der Waals surface area contributed by atoms with Gasteiger partial charge < -0.3 is 16.0 Å². The van der Waals surface area contributed by atoms with Crippen LogP contribution in [-0.2, 0) is 17.8 Å². The fourth-order valence-electron chi connectivity index (χ4n) is 1.75. The van der Waals surface area contributed by atoms with Crippen molar-refractivity contribution in [1.29, 1.82) is 0 Å². The van der Waals surface area contributed by atoms with Crippen molar-refractivity contribution in [3.63, 3.8) is 0 Å². The Morgan fingerprint density at radius 1 is 1.42 bits per heavy atom. The first kappa shape index (κ1) is 13.3. The molecular formula is C14H18N4O. The molecule has 0 radical (unpaired) electrons. The number of carbonyl (C=O) groups is 1. The van der Waals surface area contributed by atoms with Gasteiger partial charge in [0, 0.05) is 24.9 Å². The first-order valence-electron chi connectivity index (χ1n) is 6.21. The Hall–Kier alpha value is -2.14. The van der Waals surface area contributed by atoms with Gasteiger partial charge in [0.1, 0.15) is 0 Å². The molecule has 0 saturated heterocycles. The summed E-state index contributed by atoms with van der Waals surface area (Å²) in [6.07, 6.45) is 3.71. The molecule has 19 heavy (non-hydrogen) atoms. The van der Waals surface area contributed by atoms with Crippen LogP contribution in [0.3, 0.4) is 0 Å². The second-order valence-corrected chi connectivity index (χ2v) is 4.59. The van der Waals surface area contributed by atoms with Crippen LogP contribution in [0.15, 0.2) is 36.8 Å². The van der Waals surface area contributed by atoms with E-state index in [9.17, 15) is 4.79 Å². The molecule has 4 N–H and O–H groups in total. The minimum Gasteiger partial charge on any atom is -0.351 e. The molecule has 100 valence electrons. The highest BCUT2D eigenvalue weighted by Crippen LogP contribution is 2.03. The van der Waals surface area contributed by atoms with Crippen LogP contribution in [0.25, 0.3) is 0 Å². The summed E-state index contributed by atoms with van der Waals surface area (Å²) in [6, 6.07) is 7.47. The summed E-state index contributed by atoms with van der Waals surface area (Å²) in [6.45, 7) is 2.53. The lowest BCUT2D eigenvalue weighted by Crippen LogP contribution is -2.41. The molecule has 0 aliphatic heterocycles. The van der Waals surface area contributed by atoms with Gasteiger partial charge in [-0.25, -0.2) is 4.98 Å². The molecule has 0 fully saturated rings. The van der Waals surface area contributed by atoms with Crippen LogP contribution in [0.5, 0.6) is 0 Å². The van der Waals surface area contributed by atoms with Gasteiger partial charge in [0.25, 0.3) is 0 Å². The van der Waals surface area contributed by atoms with Crippen molar-refractivity contribution in [2.24, 2.45) is 5.73 Å². The van der Waals surface area contributed by atoms with Crippen LogP contribution in [-0.4, -0.2) is 21.9 Å². The van der Waals surface area contributed by atoms with E-state index in [0.717, 1.165) is 11.3 Å². The largest absolute Gasteiger partial charge is 0.351 e. The average molecular weight is 258 g/mol. The number of aromatic amines is 1. The normalized spacial score (nSPS) is 12.1. The highest BCUT2D eigenvalue weighted by atomic mass is 16.2. The first-order valence-corrected chi connectivity index (χ1v) is 6.21. The van der Waals surface area contributed by atoms with Crippen molar-refractivity contribution >= 4 is 5.91 Å². The van der Waals surface area contributed by atoms with Crippen molar-refractivity contribution in [2.45, 2.75) is 25.9 Å². The SMILES string of the molecule is Cc1ccc(CNC(=O)[C@@H](N)Cc2cnc[nH]2)cc1. The number of hydrogen-bond donors (Lipinski definition) is 3. The van der Waals surface area contributed by atoms with Gasteiger partial charge in [-0.15, -0.1) is 0 Å². The summed E-state index contributed by atoms with van der Waals surface area (Å²) in [5.74, 6) is -0.157. The van der Waals surface area contributed by atoms with Gasteiger partial charge in [0.2, 0.25) is 5.91 Å². The van der Waals surface area contributed by atoms with Crippen molar-refractivity contribution in [3.05, 3.63) is 53.6 Å². The molecule has 0 bridgehead atoms. The van der Waals surface area contributed by atoms with E-state index in [-0.39, 0.29) is 5.91 Å². The molecular weight excluding hydrogens is 240 g/mol. The minimum atomic E-state index is -0.564. The Labute approximate surface area is 112 Å². The Morgan fingerprint density at radius 3 is 2.79 bits per heavy atom. The van der Waals surface area contributed by atoms with E-state index in [4.69, 9.17) is 5.73 Å².